The topological polar surface area (TPSA) is 29.3 Å². The van der Waals surface area contributed by atoms with Crippen molar-refractivity contribution in [3.63, 3.8) is 0 Å². The Morgan fingerprint density at radius 3 is 1.71 bits per heavy atom. The molecule has 2 N–H and O–H groups in total. The lowest BCUT2D eigenvalue weighted by molar-refractivity contribution is 0.626. The number of benzene rings is 2. The van der Waals surface area contributed by atoms with Gasteiger partial charge >= 0.3 is 0 Å². The van der Waals surface area contributed by atoms with E-state index >= 15 is 0 Å². The summed E-state index contributed by atoms with van der Waals surface area (Å²) in [6.07, 6.45) is 0. The molecule has 0 aromatic heterocycles. The van der Waals surface area contributed by atoms with Crippen molar-refractivity contribution in [1.29, 1.82) is 0 Å². The second-order valence-corrected chi connectivity index (χ2v) is 5.03. The molecule has 0 fully saturated rings. The Balaban J connectivity index is 2.34. The first kappa shape index (κ1) is 10.4. The summed E-state index contributed by atoms with van der Waals surface area (Å²) in [6, 6.07) is 16.7. The van der Waals surface area contributed by atoms with Gasteiger partial charge in [-0.1, -0.05) is 50.2 Å². The van der Waals surface area contributed by atoms with Crippen molar-refractivity contribution in [2.24, 2.45) is 5.84 Å². The molecular formula is C15H16N2. The lowest BCUT2D eigenvalue weighted by atomic mass is 9.74. The first-order valence-electron chi connectivity index (χ1n) is 5.86. The van der Waals surface area contributed by atoms with Crippen molar-refractivity contribution < 1.29 is 0 Å². The van der Waals surface area contributed by atoms with Crippen LogP contribution in [-0.4, -0.2) is 0 Å². The molecule has 2 aromatic rings. The van der Waals surface area contributed by atoms with E-state index < -0.39 is 0 Å². The van der Waals surface area contributed by atoms with Gasteiger partial charge in [0.2, 0.25) is 0 Å². The molecular weight excluding hydrogens is 208 g/mol. The van der Waals surface area contributed by atoms with Crippen LogP contribution in [0.25, 0.3) is 0 Å². The molecule has 1 aliphatic heterocycles. The summed E-state index contributed by atoms with van der Waals surface area (Å²) in [7, 11) is 0. The molecule has 0 saturated carbocycles. The van der Waals surface area contributed by atoms with Crippen LogP contribution >= 0.6 is 0 Å². The third kappa shape index (κ3) is 1.31. The Labute approximate surface area is 102 Å². The molecule has 1 heterocycles. The van der Waals surface area contributed by atoms with E-state index in [1.54, 1.807) is 5.01 Å². The molecule has 3 rings (SSSR count). The van der Waals surface area contributed by atoms with Gasteiger partial charge in [0.05, 0.1) is 11.4 Å². The number of rotatable bonds is 0. The van der Waals surface area contributed by atoms with Gasteiger partial charge in [-0.05, 0) is 23.3 Å². The fraction of sp³-hybridized carbons (Fsp3) is 0.200. The van der Waals surface area contributed by atoms with Crippen LogP contribution in [0.5, 0.6) is 0 Å². The van der Waals surface area contributed by atoms with E-state index in [9.17, 15) is 0 Å². The van der Waals surface area contributed by atoms with Crippen LogP contribution in [0.2, 0.25) is 0 Å². The third-order valence-electron chi connectivity index (χ3n) is 3.67. The molecule has 0 bridgehead atoms. The average Bonchev–Trinajstić information content (AvgIpc) is 2.37. The normalized spacial score (nSPS) is 16.3. The molecule has 0 amide bonds. The lowest BCUT2D eigenvalue weighted by Crippen LogP contribution is -2.36. The van der Waals surface area contributed by atoms with Crippen LogP contribution in [0.1, 0.15) is 25.0 Å². The standard InChI is InChI=1S/C15H16N2/c1-15(2)11-7-3-5-9-13(11)17(16)14-10-6-4-8-12(14)15/h3-10H,16H2,1-2H3. The number of hydrogen-bond donors (Lipinski definition) is 1. The first-order chi connectivity index (χ1) is 8.12. The Morgan fingerprint density at radius 1 is 0.824 bits per heavy atom. The highest BCUT2D eigenvalue weighted by atomic mass is 15.4. The Morgan fingerprint density at radius 2 is 1.24 bits per heavy atom. The summed E-state index contributed by atoms with van der Waals surface area (Å²) < 4.78 is 0. The number of para-hydroxylation sites is 2. The van der Waals surface area contributed by atoms with Crippen molar-refractivity contribution in [3.05, 3.63) is 59.7 Å². The number of fused-ring (bicyclic) bond motifs is 2. The highest BCUT2D eigenvalue weighted by Crippen LogP contribution is 2.46. The molecule has 2 aromatic carbocycles. The zero-order valence-electron chi connectivity index (χ0n) is 10.1. The van der Waals surface area contributed by atoms with Crippen molar-refractivity contribution in [2.75, 3.05) is 5.01 Å². The van der Waals surface area contributed by atoms with E-state index in [0.29, 0.717) is 0 Å². The SMILES string of the molecule is CC1(C)c2ccccc2N(N)c2ccccc21. The molecule has 0 radical (unpaired) electrons. The summed E-state index contributed by atoms with van der Waals surface area (Å²) in [5.74, 6) is 6.21. The Hall–Kier alpha value is -1.80. The van der Waals surface area contributed by atoms with Gasteiger partial charge in [0.15, 0.2) is 0 Å². The average molecular weight is 224 g/mol. The summed E-state index contributed by atoms with van der Waals surface area (Å²) in [5, 5.41) is 1.79. The van der Waals surface area contributed by atoms with Gasteiger partial charge in [-0.25, -0.2) is 5.84 Å². The van der Waals surface area contributed by atoms with E-state index in [0.717, 1.165) is 11.4 Å². The van der Waals surface area contributed by atoms with Crippen molar-refractivity contribution in [2.45, 2.75) is 19.3 Å². The maximum absolute atomic E-state index is 6.21. The van der Waals surface area contributed by atoms with Gasteiger partial charge in [-0.2, -0.15) is 0 Å². The van der Waals surface area contributed by atoms with E-state index in [2.05, 4.69) is 50.2 Å². The summed E-state index contributed by atoms with van der Waals surface area (Å²) in [4.78, 5) is 0. The maximum atomic E-state index is 6.21. The molecule has 0 atom stereocenters. The van der Waals surface area contributed by atoms with Gasteiger partial charge in [0, 0.05) is 5.41 Å². The smallest absolute Gasteiger partial charge is 0.0616 e. The third-order valence-corrected chi connectivity index (χ3v) is 3.67. The molecule has 2 heteroatoms. The van der Waals surface area contributed by atoms with E-state index in [-0.39, 0.29) is 5.41 Å². The predicted molar refractivity (Wildman–Crippen MR) is 71.3 cm³/mol. The molecule has 2 nitrogen and oxygen atoms in total. The largest absolute Gasteiger partial charge is 0.279 e. The van der Waals surface area contributed by atoms with E-state index in [1.165, 1.54) is 11.1 Å². The highest BCUT2D eigenvalue weighted by Gasteiger charge is 2.34. The van der Waals surface area contributed by atoms with Gasteiger partial charge in [-0.15, -0.1) is 0 Å². The molecule has 86 valence electrons. The van der Waals surface area contributed by atoms with Crippen molar-refractivity contribution >= 4 is 11.4 Å². The first-order valence-corrected chi connectivity index (χ1v) is 5.86. The number of nitrogens with two attached hydrogens (primary N) is 1. The molecule has 17 heavy (non-hydrogen) atoms. The molecule has 0 aliphatic carbocycles. The van der Waals surface area contributed by atoms with Gasteiger partial charge in [-0.3, -0.25) is 5.01 Å². The molecule has 0 unspecified atom stereocenters. The number of nitrogens with zero attached hydrogens (tertiary/aromatic N) is 1. The van der Waals surface area contributed by atoms with Gasteiger partial charge in [0.25, 0.3) is 0 Å². The summed E-state index contributed by atoms with van der Waals surface area (Å²) in [5.41, 5.74) is 4.75. The van der Waals surface area contributed by atoms with Crippen LogP contribution in [0.15, 0.2) is 48.5 Å². The van der Waals surface area contributed by atoms with Crippen LogP contribution < -0.4 is 10.9 Å². The minimum Gasteiger partial charge on any atom is -0.279 e. The fourth-order valence-corrected chi connectivity index (χ4v) is 2.70. The second-order valence-electron chi connectivity index (χ2n) is 5.03. The van der Waals surface area contributed by atoms with E-state index in [4.69, 9.17) is 5.84 Å². The Kier molecular flexibility index (Phi) is 2.04. The van der Waals surface area contributed by atoms with Crippen molar-refractivity contribution in [3.8, 4) is 0 Å². The van der Waals surface area contributed by atoms with Crippen LogP contribution in [-0.2, 0) is 5.41 Å². The second kappa shape index (κ2) is 3.34. The van der Waals surface area contributed by atoms with E-state index in [1.807, 2.05) is 12.1 Å². The minimum atomic E-state index is 0.00303. The minimum absolute atomic E-state index is 0.00303. The highest BCUT2D eigenvalue weighted by molar-refractivity contribution is 5.76. The quantitative estimate of drug-likeness (QED) is 0.695. The maximum Gasteiger partial charge on any atom is 0.0616 e. The lowest BCUT2D eigenvalue weighted by Gasteiger charge is -2.39. The summed E-state index contributed by atoms with van der Waals surface area (Å²) in [6.45, 7) is 4.50. The van der Waals surface area contributed by atoms with Gasteiger partial charge in [0.1, 0.15) is 0 Å². The molecule has 1 aliphatic rings. The predicted octanol–water partition coefficient (Wildman–Crippen LogP) is 3.34. The zero-order valence-corrected chi connectivity index (χ0v) is 10.1. The molecule has 0 spiro atoms. The number of hydrazine groups is 1. The van der Waals surface area contributed by atoms with Crippen LogP contribution in [0, 0.1) is 0 Å². The Bertz CT molecular complexity index is 523. The number of anilines is 2. The molecule has 0 saturated heterocycles. The monoisotopic (exact) mass is 224 g/mol. The van der Waals surface area contributed by atoms with Crippen LogP contribution in [0.3, 0.4) is 0 Å². The van der Waals surface area contributed by atoms with Gasteiger partial charge < -0.3 is 0 Å². The van der Waals surface area contributed by atoms with Crippen molar-refractivity contribution in [1.82, 2.24) is 0 Å². The fourth-order valence-electron chi connectivity index (χ4n) is 2.70. The zero-order chi connectivity index (χ0) is 12.0. The number of hydrogen-bond acceptors (Lipinski definition) is 2. The van der Waals surface area contributed by atoms with Crippen LogP contribution in [0.4, 0.5) is 11.4 Å². The summed E-state index contributed by atoms with van der Waals surface area (Å²) >= 11 is 0.